The summed E-state index contributed by atoms with van der Waals surface area (Å²) >= 11 is 0. The Balaban J connectivity index is 0. The zero-order valence-corrected chi connectivity index (χ0v) is 17.5. The van der Waals surface area contributed by atoms with Crippen LogP contribution in [0.4, 0.5) is 0 Å². The van der Waals surface area contributed by atoms with E-state index in [1.54, 1.807) is 12.2 Å². The molecule has 5 N–H and O–H groups in total. The predicted octanol–water partition coefficient (Wildman–Crippen LogP) is 1.87. The molecule has 0 saturated heterocycles. The molecule has 0 aliphatic carbocycles. The first kappa shape index (κ1) is 28.3. The van der Waals surface area contributed by atoms with E-state index >= 15 is 0 Å². The second-order valence-electron chi connectivity index (χ2n) is 5.73. The number of carbonyl (C=O) groups is 1. The molecule has 0 radical (unpaired) electrons. The Morgan fingerprint density at radius 2 is 1.07 bits per heavy atom. The first-order valence-electron chi connectivity index (χ1n) is 8.14. The van der Waals surface area contributed by atoms with Gasteiger partial charge in [-0.2, -0.15) is 27.0 Å². The van der Waals surface area contributed by atoms with Crippen LogP contribution in [0.15, 0.2) is 72.8 Å². The van der Waals surface area contributed by atoms with Crippen LogP contribution in [-0.2, 0) is 4.79 Å². The molecule has 0 aliphatic rings. The average molecular weight is 424 g/mol. The molecule has 154 valence electrons. The minimum atomic E-state index is -1.21. The third-order valence-electron chi connectivity index (χ3n) is 3.42. The van der Waals surface area contributed by atoms with E-state index in [1.807, 2.05) is 72.8 Å². The second kappa shape index (κ2) is 16.1. The van der Waals surface area contributed by atoms with Crippen LogP contribution in [0.1, 0.15) is 11.1 Å². The highest BCUT2D eigenvalue weighted by Gasteiger charge is 2.20. The van der Waals surface area contributed by atoms with Crippen molar-refractivity contribution in [3.8, 4) is 0 Å². The summed E-state index contributed by atoms with van der Waals surface area (Å²) in [6, 6.07) is 19.6. The number of carbonyl (C=O) groups excluding carboxylic acids is 1. The van der Waals surface area contributed by atoms with Gasteiger partial charge in [-0.1, -0.05) is 72.8 Å². The SMILES string of the molecule is NC(CO)(CO)CO.O=C(/C=C\c1ccccc1)/C=C/c1ccccc1.S.S. The summed E-state index contributed by atoms with van der Waals surface area (Å²) in [4.78, 5) is 11.6. The summed E-state index contributed by atoms with van der Waals surface area (Å²) < 4.78 is 0. The topological polar surface area (TPSA) is 104 Å². The largest absolute Gasteiger partial charge is 0.394 e. The van der Waals surface area contributed by atoms with Gasteiger partial charge in [0.15, 0.2) is 5.78 Å². The van der Waals surface area contributed by atoms with Crippen LogP contribution in [0.5, 0.6) is 0 Å². The van der Waals surface area contributed by atoms with E-state index < -0.39 is 25.4 Å². The molecule has 0 heterocycles. The zero-order valence-electron chi connectivity index (χ0n) is 15.5. The molecule has 0 amide bonds. The standard InChI is InChI=1S/C17H14O.C4H11NO3.2H2S/c18-17(13-11-15-7-3-1-4-8-15)14-12-16-9-5-2-6-10-16;5-4(1-6,2-7)3-8;;/h1-14H;6-8H,1-3,5H2;2*1H2/b13-11-,14-12+;;;. The smallest absolute Gasteiger partial charge is 0.178 e. The zero-order chi connectivity index (χ0) is 19.3. The summed E-state index contributed by atoms with van der Waals surface area (Å²) in [7, 11) is 0. The fourth-order valence-electron chi connectivity index (χ4n) is 1.69. The average Bonchev–Trinajstić information content (AvgIpc) is 2.72. The van der Waals surface area contributed by atoms with Crippen molar-refractivity contribution < 1.29 is 20.1 Å². The molecule has 0 spiro atoms. The highest BCUT2D eigenvalue weighted by molar-refractivity contribution is 7.59. The minimum Gasteiger partial charge on any atom is -0.394 e. The molecule has 0 aromatic heterocycles. The van der Waals surface area contributed by atoms with Crippen LogP contribution in [0.25, 0.3) is 12.2 Å². The van der Waals surface area contributed by atoms with Crippen molar-refractivity contribution in [1.82, 2.24) is 0 Å². The number of rotatable bonds is 7. The molecule has 0 fully saturated rings. The molecule has 0 aliphatic heterocycles. The lowest BCUT2D eigenvalue weighted by Crippen LogP contribution is -2.50. The summed E-state index contributed by atoms with van der Waals surface area (Å²) in [5, 5.41) is 25.0. The fourth-order valence-corrected chi connectivity index (χ4v) is 1.69. The van der Waals surface area contributed by atoms with E-state index in [0.717, 1.165) is 11.1 Å². The lowest BCUT2D eigenvalue weighted by molar-refractivity contribution is -0.110. The van der Waals surface area contributed by atoms with E-state index in [9.17, 15) is 4.79 Å². The van der Waals surface area contributed by atoms with Gasteiger partial charge in [0.2, 0.25) is 0 Å². The molecule has 0 saturated carbocycles. The van der Waals surface area contributed by atoms with Crippen LogP contribution in [-0.4, -0.2) is 46.5 Å². The number of aliphatic hydroxyl groups excluding tert-OH is 3. The first-order valence-corrected chi connectivity index (χ1v) is 8.14. The Morgan fingerprint density at radius 1 is 0.750 bits per heavy atom. The number of hydrogen-bond donors (Lipinski definition) is 4. The number of nitrogens with two attached hydrogens (primary N) is 1. The molecular weight excluding hydrogens is 394 g/mol. The van der Waals surface area contributed by atoms with Gasteiger partial charge in [0, 0.05) is 0 Å². The van der Waals surface area contributed by atoms with Gasteiger partial charge in [-0.25, -0.2) is 0 Å². The van der Waals surface area contributed by atoms with Gasteiger partial charge in [0.05, 0.1) is 25.4 Å². The van der Waals surface area contributed by atoms with Crippen molar-refractivity contribution in [2.24, 2.45) is 5.73 Å². The van der Waals surface area contributed by atoms with Crippen molar-refractivity contribution in [2.45, 2.75) is 5.54 Å². The Hall–Kier alpha value is -1.87. The van der Waals surface area contributed by atoms with Gasteiger partial charge in [0.1, 0.15) is 0 Å². The highest BCUT2D eigenvalue weighted by atomic mass is 32.1. The molecule has 28 heavy (non-hydrogen) atoms. The van der Waals surface area contributed by atoms with Crippen LogP contribution >= 0.6 is 27.0 Å². The van der Waals surface area contributed by atoms with E-state index in [4.69, 9.17) is 21.1 Å². The summed E-state index contributed by atoms with van der Waals surface area (Å²) in [5.74, 6) is -0.0114. The normalized spacial score (nSPS) is 10.6. The molecule has 0 atom stereocenters. The van der Waals surface area contributed by atoms with Crippen molar-refractivity contribution in [2.75, 3.05) is 19.8 Å². The van der Waals surface area contributed by atoms with Gasteiger partial charge in [-0.15, -0.1) is 0 Å². The Labute approximate surface area is 180 Å². The monoisotopic (exact) mass is 423 g/mol. The van der Waals surface area contributed by atoms with E-state index in [-0.39, 0.29) is 32.8 Å². The summed E-state index contributed by atoms with van der Waals surface area (Å²) in [6.07, 6.45) is 6.79. The predicted molar refractivity (Wildman–Crippen MR) is 125 cm³/mol. The van der Waals surface area contributed by atoms with Crippen molar-refractivity contribution >= 4 is 44.9 Å². The first-order chi connectivity index (χ1) is 12.5. The quantitative estimate of drug-likeness (QED) is 0.509. The number of hydrogen-bond acceptors (Lipinski definition) is 5. The molecule has 0 bridgehead atoms. The number of allylic oxidation sites excluding steroid dienone is 2. The van der Waals surface area contributed by atoms with E-state index in [1.165, 1.54) is 0 Å². The fraction of sp³-hybridized carbons (Fsp3) is 0.190. The number of ketones is 1. The molecule has 2 aromatic rings. The maximum Gasteiger partial charge on any atom is 0.178 e. The summed E-state index contributed by atoms with van der Waals surface area (Å²) in [5.41, 5.74) is 5.99. The molecule has 2 rings (SSSR count). The maximum atomic E-state index is 11.6. The highest BCUT2D eigenvalue weighted by Crippen LogP contribution is 2.03. The molecule has 0 unspecified atom stereocenters. The summed E-state index contributed by atoms with van der Waals surface area (Å²) in [6.45, 7) is -1.21. The van der Waals surface area contributed by atoms with Gasteiger partial charge in [0.25, 0.3) is 0 Å². The van der Waals surface area contributed by atoms with Crippen molar-refractivity contribution in [1.29, 1.82) is 0 Å². The number of aliphatic hydroxyl groups is 3. The van der Waals surface area contributed by atoms with Crippen LogP contribution in [0.3, 0.4) is 0 Å². The third-order valence-corrected chi connectivity index (χ3v) is 3.42. The lowest BCUT2D eigenvalue weighted by Gasteiger charge is -2.20. The van der Waals surface area contributed by atoms with Crippen molar-refractivity contribution in [3.05, 3.63) is 83.9 Å². The van der Waals surface area contributed by atoms with Gasteiger partial charge < -0.3 is 21.1 Å². The molecule has 5 nitrogen and oxygen atoms in total. The van der Waals surface area contributed by atoms with Crippen LogP contribution < -0.4 is 5.73 Å². The second-order valence-corrected chi connectivity index (χ2v) is 5.73. The third kappa shape index (κ3) is 11.8. The van der Waals surface area contributed by atoms with Gasteiger partial charge in [-0.05, 0) is 23.3 Å². The number of benzene rings is 2. The van der Waals surface area contributed by atoms with Gasteiger partial charge in [-0.3, -0.25) is 4.79 Å². The Bertz CT molecular complexity index is 643. The Morgan fingerprint density at radius 3 is 1.32 bits per heavy atom. The van der Waals surface area contributed by atoms with Crippen LogP contribution in [0.2, 0.25) is 0 Å². The maximum absolute atomic E-state index is 11.6. The molecule has 7 heteroatoms. The van der Waals surface area contributed by atoms with E-state index in [2.05, 4.69) is 0 Å². The van der Waals surface area contributed by atoms with E-state index in [0.29, 0.717) is 0 Å². The van der Waals surface area contributed by atoms with Crippen LogP contribution in [0, 0.1) is 0 Å². The van der Waals surface area contributed by atoms with Crippen molar-refractivity contribution in [3.63, 3.8) is 0 Å². The minimum absolute atomic E-state index is 0. The van der Waals surface area contributed by atoms with Gasteiger partial charge >= 0.3 is 0 Å². The Kier molecular flexibility index (Phi) is 16.3. The molecule has 2 aromatic carbocycles. The molecular formula is C21H29NO4S2. The lowest BCUT2D eigenvalue weighted by atomic mass is 10.1.